The lowest BCUT2D eigenvalue weighted by Crippen LogP contribution is -2.43. The van der Waals surface area contributed by atoms with Crippen molar-refractivity contribution >= 4 is 29.8 Å². The van der Waals surface area contributed by atoms with E-state index in [0.29, 0.717) is 25.3 Å². The van der Waals surface area contributed by atoms with E-state index in [2.05, 4.69) is 10.3 Å². The average molecular weight is 377 g/mol. The van der Waals surface area contributed by atoms with Gasteiger partial charge in [0.25, 0.3) is 0 Å². The Bertz CT molecular complexity index is 972. The summed E-state index contributed by atoms with van der Waals surface area (Å²) in [4.78, 5) is 29.9. The maximum Gasteiger partial charge on any atom is 0.247 e. The van der Waals surface area contributed by atoms with E-state index in [1.54, 1.807) is 35.4 Å². The largest absolute Gasteiger partial charge is 0.331 e. The average Bonchev–Trinajstić information content (AvgIpc) is 2.84. The second-order valence-electron chi connectivity index (χ2n) is 7.06. The first-order valence-corrected chi connectivity index (χ1v) is 9.27. The SMILES string of the molecule is O=C1CCCc2cc(C=CC(=O)N3CC(=Cc4ccc(F)cc4)C3)cnc2N1. The van der Waals surface area contributed by atoms with Gasteiger partial charge in [-0.1, -0.05) is 18.2 Å². The van der Waals surface area contributed by atoms with E-state index in [-0.39, 0.29) is 17.6 Å². The molecule has 1 aromatic carbocycles. The standard InChI is InChI=1S/C22H20FN3O2/c23-19-7-4-15(5-8-19)10-17-13-26(14-17)21(28)9-6-16-11-18-2-1-3-20(27)25-22(18)24-12-16/h4-12H,1-3,13-14H2,(H,24,25,27). The van der Waals surface area contributed by atoms with Gasteiger partial charge >= 0.3 is 0 Å². The van der Waals surface area contributed by atoms with Crippen molar-refractivity contribution < 1.29 is 14.0 Å². The molecule has 5 nitrogen and oxygen atoms in total. The van der Waals surface area contributed by atoms with Crippen LogP contribution in [0.4, 0.5) is 10.2 Å². The zero-order chi connectivity index (χ0) is 19.5. The first-order valence-electron chi connectivity index (χ1n) is 9.27. The Labute approximate surface area is 162 Å². The predicted molar refractivity (Wildman–Crippen MR) is 106 cm³/mol. The number of carbonyl (C=O) groups excluding carboxylic acids is 2. The molecular weight excluding hydrogens is 357 g/mol. The third kappa shape index (κ3) is 4.17. The van der Waals surface area contributed by atoms with Crippen molar-refractivity contribution in [3.8, 4) is 0 Å². The van der Waals surface area contributed by atoms with Gasteiger partial charge in [-0.3, -0.25) is 9.59 Å². The minimum atomic E-state index is -0.257. The molecule has 6 heteroatoms. The number of carbonyl (C=O) groups is 2. The van der Waals surface area contributed by atoms with Crippen molar-refractivity contribution in [2.24, 2.45) is 0 Å². The third-order valence-electron chi connectivity index (χ3n) is 4.85. The molecule has 3 heterocycles. The van der Waals surface area contributed by atoms with Crippen LogP contribution in [0.3, 0.4) is 0 Å². The molecule has 0 unspecified atom stereocenters. The number of amides is 2. The highest BCUT2D eigenvalue weighted by Crippen LogP contribution is 2.22. The van der Waals surface area contributed by atoms with Gasteiger partial charge in [-0.25, -0.2) is 9.37 Å². The van der Waals surface area contributed by atoms with Gasteiger partial charge in [0.15, 0.2) is 0 Å². The Kier molecular flexibility index (Phi) is 5.02. The molecule has 1 fully saturated rings. The maximum absolute atomic E-state index is 12.9. The van der Waals surface area contributed by atoms with Crippen molar-refractivity contribution in [3.05, 3.63) is 70.7 Å². The highest BCUT2D eigenvalue weighted by molar-refractivity contribution is 5.94. The molecule has 2 amide bonds. The van der Waals surface area contributed by atoms with Gasteiger partial charge in [0.05, 0.1) is 0 Å². The summed E-state index contributed by atoms with van der Waals surface area (Å²) in [7, 11) is 0. The van der Waals surface area contributed by atoms with Crippen LogP contribution in [0.15, 0.2) is 48.2 Å². The molecule has 2 aromatic rings. The summed E-state index contributed by atoms with van der Waals surface area (Å²) in [6.45, 7) is 1.16. The van der Waals surface area contributed by atoms with Crippen LogP contribution in [0.25, 0.3) is 12.2 Å². The summed E-state index contributed by atoms with van der Waals surface area (Å²) in [5.41, 5.74) is 3.90. The molecule has 2 aliphatic heterocycles. The van der Waals surface area contributed by atoms with Crippen LogP contribution in [0.2, 0.25) is 0 Å². The number of rotatable bonds is 3. The zero-order valence-corrected chi connectivity index (χ0v) is 15.3. The quantitative estimate of drug-likeness (QED) is 0.834. The Hall–Kier alpha value is -3.28. The second-order valence-corrected chi connectivity index (χ2v) is 7.06. The van der Waals surface area contributed by atoms with Gasteiger partial charge in [-0.2, -0.15) is 0 Å². The Morgan fingerprint density at radius 1 is 1.14 bits per heavy atom. The Balaban J connectivity index is 1.36. The van der Waals surface area contributed by atoms with Crippen LogP contribution in [0.1, 0.15) is 29.5 Å². The molecule has 0 radical (unpaired) electrons. The Morgan fingerprint density at radius 2 is 1.93 bits per heavy atom. The molecule has 0 aliphatic carbocycles. The number of hydrogen-bond donors (Lipinski definition) is 1. The van der Waals surface area contributed by atoms with E-state index < -0.39 is 0 Å². The van der Waals surface area contributed by atoms with Crippen LogP contribution >= 0.6 is 0 Å². The normalized spacial score (nSPS) is 16.2. The number of anilines is 1. The highest BCUT2D eigenvalue weighted by Gasteiger charge is 2.23. The van der Waals surface area contributed by atoms with Gasteiger partial charge in [0, 0.05) is 31.8 Å². The molecule has 0 bridgehead atoms. The van der Waals surface area contributed by atoms with E-state index in [0.717, 1.165) is 35.1 Å². The lowest BCUT2D eigenvalue weighted by Gasteiger charge is -2.33. The van der Waals surface area contributed by atoms with Crippen molar-refractivity contribution in [1.29, 1.82) is 0 Å². The van der Waals surface area contributed by atoms with Crippen molar-refractivity contribution in [1.82, 2.24) is 9.88 Å². The molecule has 0 saturated carbocycles. The number of nitrogens with one attached hydrogen (secondary N) is 1. The maximum atomic E-state index is 12.9. The lowest BCUT2D eigenvalue weighted by atomic mass is 10.0. The summed E-state index contributed by atoms with van der Waals surface area (Å²) in [5.74, 6) is 0.295. The number of aryl methyl sites for hydroxylation is 1. The summed E-state index contributed by atoms with van der Waals surface area (Å²) in [6.07, 6.45) is 9.03. The number of halogens is 1. The van der Waals surface area contributed by atoms with Crippen LogP contribution in [-0.2, 0) is 16.0 Å². The van der Waals surface area contributed by atoms with E-state index >= 15 is 0 Å². The molecule has 1 saturated heterocycles. The molecule has 0 spiro atoms. The van der Waals surface area contributed by atoms with Crippen LogP contribution in [0, 0.1) is 5.82 Å². The number of hydrogen-bond acceptors (Lipinski definition) is 3. The fourth-order valence-corrected chi connectivity index (χ4v) is 3.32. The number of aromatic nitrogens is 1. The fraction of sp³-hybridized carbons (Fsp3) is 0.227. The smallest absolute Gasteiger partial charge is 0.247 e. The fourth-order valence-electron chi connectivity index (χ4n) is 3.32. The monoisotopic (exact) mass is 377 g/mol. The summed E-state index contributed by atoms with van der Waals surface area (Å²) in [6, 6.07) is 8.27. The van der Waals surface area contributed by atoms with Crippen molar-refractivity contribution in [3.63, 3.8) is 0 Å². The summed E-state index contributed by atoms with van der Waals surface area (Å²) in [5, 5.41) is 2.80. The second kappa shape index (κ2) is 7.76. The third-order valence-corrected chi connectivity index (χ3v) is 4.85. The van der Waals surface area contributed by atoms with Crippen molar-refractivity contribution in [2.45, 2.75) is 19.3 Å². The van der Waals surface area contributed by atoms with Gasteiger partial charge in [0.1, 0.15) is 11.6 Å². The van der Waals surface area contributed by atoms with Gasteiger partial charge in [-0.15, -0.1) is 0 Å². The molecule has 4 rings (SSSR count). The number of fused-ring (bicyclic) bond motifs is 1. The molecule has 28 heavy (non-hydrogen) atoms. The van der Waals surface area contributed by atoms with Crippen LogP contribution in [0.5, 0.6) is 0 Å². The van der Waals surface area contributed by atoms with Crippen LogP contribution < -0.4 is 5.32 Å². The highest BCUT2D eigenvalue weighted by atomic mass is 19.1. The molecule has 142 valence electrons. The topological polar surface area (TPSA) is 62.3 Å². The molecule has 0 atom stereocenters. The zero-order valence-electron chi connectivity index (χ0n) is 15.3. The molecule has 2 aliphatic rings. The Morgan fingerprint density at radius 3 is 2.71 bits per heavy atom. The summed E-state index contributed by atoms with van der Waals surface area (Å²) < 4.78 is 12.9. The number of pyridine rings is 1. The van der Waals surface area contributed by atoms with E-state index in [1.165, 1.54) is 12.1 Å². The number of nitrogens with zero attached hydrogens (tertiary/aromatic N) is 2. The van der Waals surface area contributed by atoms with E-state index in [4.69, 9.17) is 0 Å². The van der Waals surface area contributed by atoms with Crippen LogP contribution in [-0.4, -0.2) is 34.8 Å². The first kappa shape index (κ1) is 18.1. The number of benzene rings is 1. The minimum absolute atomic E-state index is 0.00741. The number of likely N-dealkylation sites (tertiary alicyclic amines) is 1. The minimum Gasteiger partial charge on any atom is -0.331 e. The van der Waals surface area contributed by atoms with Gasteiger partial charge in [0.2, 0.25) is 11.8 Å². The van der Waals surface area contributed by atoms with Gasteiger partial charge < -0.3 is 10.2 Å². The van der Waals surface area contributed by atoms with E-state index in [9.17, 15) is 14.0 Å². The van der Waals surface area contributed by atoms with Crippen molar-refractivity contribution in [2.75, 3.05) is 18.4 Å². The molecule has 1 N–H and O–H groups in total. The predicted octanol–water partition coefficient (Wildman–Crippen LogP) is 3.43. The van der Waals surface area contributed by atoms with E-state index in [1.807, 2.05) is 12.1 Å². The first-order chi connectivity index (χ1) is 13.6. The summed E-state index contributed by atoms with van der Waals surface area (Å²) >= 11 is 0. The lowest BCUT2D eigenvalue weighted by molar-refractivity contribution is -0.127. The molecular formula is C22H20FN3O2. The molecule has 1 aromatic heterocycles. The van der Waals surface area contributed by atoms with Gasteiger partial charge in [-0.05, 0) is 59.4 Å².